The van der Waals surface area contributed by atoms with Gasteiger partial charge in [-0.05, 0) is 48.5 Å². The minimum Gasteiger partial charge on any atom is -0.455 e. The maximum absolute atomic E-state index is 13.8. The fourth-order valence-corrected chi connectivity index (χ4v) is 2.51. The average Bonchev–Trinajstić information content (AvgIpc) is 3.12. The Labute approximate surface area is 163 Å². The topological polar surface area (TPSA) is 78.4 Å². The Bertz CT molecular complexity index is 1090. The molecule has 134 valence electrons. The molecule has 5 nitrogen and oxygen atoms in total. The van der Waals surface area contributed by atoms with Crippen molar-refractivity contribution in [1.29, 1.82) is 5.26 Å². The Morgan fingerprint density at radius 2 is 1.96 bits per heavy atom. The van der Waals surface area contributed by atoms with Gasteiger partial charge in [-0.2, -0.15) is 10.4 Å². The summed E-state index contributed by atoms with van der Waals surface area (Å²) in [6.45, 7) is 0. The third kappa shape index (κ3) is 4.34. The first-order chi connectivity index (χ1) is 13.0. The van der Waals surface area contributed by atoms with E-state index in [0.29, 0.717) is 21.6 Å². The highest BCUT2D eigenvalue weighted by atomic mass is 35.5. The van der Waals surface area contributed by atoms with Gasteiger partial charge in [-0.25, -0.2) is 9.82 Å². The number of carbonyl (C=O) groups is 1. The summed E-state index contributed by atoms with van der Waals surface area (Å²) in [5.41, 5.74) is 2.83. The number of nitriles is 1. The second kappa shape index (κ2) is 8.04. The van der Waals surface area contributed by atoms with E-state index < -0.39 is 11.7 Å². The van der Waals surface area contributed by atoms with Gasteiger partial charge in [-0.15, -0.1) is 0 Å². The molecule has 0 saturated carbocycles. The van der Waals surface area contributed by atoms with Crippen molar-refractivity contribution in [1.82, 2.24) is 5.43 Å². The van der Waals surface area contributed by atoms with E-state index in [0.717, 1.165) is 11.6 Å². The van der Waals surface area contributed by atoms with Gasteiger partial charge in [0, 0.05) is 5.56 Å². The van der Waals surface area contributed by atoms with E-state index in [9.17, 15) is 9.18 Å². The van der Waals surface area contributed by atoms with Gasteiger partial charge in [0.15, 0.2) is 0 Å². The maximum Gasteiger partial charge on any atom is 0.274 e. The highest BCUT2D eigenvalue weighted by Crippen LogP contribution is 2.29. The van der Waals surface area contributed by atoms with Crippen LogP contribution in [0.5, 0.6) is 0 Å². The Morgan fingerprint density at radius 3 is 2.67 bits per heavy atom. The number of rotatable bonds is 4. The minimum atomic E-state index is -0.804. The van der Waals surface area contributed by atoms with Crippen LogP contribution in [-0.4, -0.2) is 12.1 Å². The van der Waals surface area contributed by atoms with Crippen LogP contribution in [0.3, 0.4) is 0 Å². The fourth-order valence-electron chi connectivity index (χ4n) is 2.21. The van der Waals surface area contributed by atoms with Gasteiger partial charge < -0.3 is 4.42 Å². The number of furan rings is 1. The highest BCUT2D eigenvalue weighted by molar-refractivity contribution is 6.42. The monoisotopic (exact) mass is 401 g/mol. The number of hydrogen-bond acceptors (Lipinski definition) is 4. The highest BCUT2D eigenvalue weighted by Gasteiger charge is 2.11. The molecule has 2 aromatic carbocycles. The SMILES string of the molecule is N#Cc1ccc(C(=O)NN=Cc2ccc(-c3ccc(Cl)c(Cl)c3)o2)c(F)c1. The summed E-state index contributed by atoms with van der Waals surface area (Å²) >= 11 is 11.9. The first-order valence-corrected chi connectivity index (χ1v) is 8.32. The normalized spacial score (nSPS) is 10.7. The summed E-state index contributed by atoms with van der Waals surface area (Å²) in [4.78, 5) is 11.9. The van der Waals surface area contributed by atoms with Crippen LogP contribution in [0.25, 0.3) is 11.3 Å². The van der Waals surface area contributed by atoms with Gasteiger partial charge in [-0.1, -0.05) is 23.2 Å². The molecule has 0 unspecified atom stereocenters. The van der Waals surface area contributed by atoms with E-state index in [1.807, 2.05) is 0 Å². The molecule has 27 heavy (non-hydrogen) atoms. The van der Waals surface area contributed by atoms with Crippen LogP contribution in [0.15, 0.2) is 58.0 Å². The van der Waals surface area contributed by atoms with Crippen LogP contribution < -0.4 is 5.43 Å². The molecule has 3 aromatic rings. The summed E-state index contributed by atoms with van der Waals surface area (Å²) in [5.74, 6) is -0.637. The zero-order valence-corrected chi connectivity index (χ0v) is 15.1. The smallest absolute Gasteiger partial charge is 0.274 e. The molecule has 0 fully saturated rings. The van der Waals surface area contributed by atoms with Gasteiger partial charge in [0.05, 0.1) is 33.5 Å². The summed E-state index contributed by atoms with van der Waals surface area (Å²) < 4.78 is 19.4. The van der Waals surface area contributed by atoms with Gasteiger partial charge >= 0.3 is 0 Å². The van der Waals surface area contributed by atoms with Crippen molar-refractivity contribution in [2.45, 2.75) is 0 Å². The minimum absolute atomic E-state index is 0.123. The third-order valence-electron chi connectivity index (χ3n) is 3.53. The van der Waals surface area contributed by atoms with E-state index in [1.165, 1.54) is 18.3 Å². The molecule has 0 spiro atoms. The van der Waals surface area contributed by atoms with Crippen molar-refractivity contribution in [3.8, 4) is 17.4 Å². The lowest BCUT2D eigenvalue weighted by molar-refractivity contribution is 0.0951. The molecule has 8 heteroatoms. The first kappa shape index (κ1) is 18.6. The first-order valence-electron chi connectivity index (χ1n) is 7.56. The van der Waals surface area contributed by atoms with Gasteiger partial charge in [0.1, 0.15) is 17.3 Å². The average molecular weight is 402 g/mol. The number of halogens is 3. The predicted octanol–water partition coefficient (Wildman–Crippen LogP) is 5.03. The number of amides is 1. The van der Waals surface area contributed by atoms with Gasteiger partial charge in [0.25, 0.3) is 5.91 Å². The van der Waals surface area contributed by atoms with Crippen molar-refractivity contribution >= 4 is 35.3 Å². The van der Waals surface area contributed by atoms with Crippen LogP contribution in [0.1, 0.15) is 21.7 Å². The number of nitrogens with one attached hydrogen (secondary N) is 1. The number of benzene rings is 2. The largest absolute Gasteiger partial charge is 0.455 e. The van der Waals surface area contributed by atoms with E-state index in [4.69, 9.17) is 32.9 Å². The van der Waals surface area contributed by atoms with Crippen molar-refractivity contribution in [3.05, 3.63) is 81.3 Å². The van der Waals surface area contributed by atoms with Crippen molar-refractivity contribution in [2.75, 3.05) is 0 Å². The van der Waals surface area contributed by atoms with E-state index >= 15 is 0 Å². The lowest BCUT2D eigenvalue weighted by Gasteiger charge is -2.01. The lowest BCUT2D eigenvalue weighted by atomic mass is 10.1. The molecule has 1 N–H and O–H groups in total. The van der Waals surface area contributed by atoms with Gasteiger partial charge in [0.2, 0.25) is 0 Å². The maximum atomic E-state index is 13.8. The van der Waals surface area contributed by atoms with Crippen LogP contribution in [0.2, 0.25) is 10.0 Å². The van der Waals surface area contributed by atoms with E-state index in [-0.39, 0.29) is 11.1 Å². The van der Waals surface area contributed by atoms with Crippen molar-refractivity contribution < 1.29 is 13.6 Å². The van der Waals surface area contributed by atoms with Crippen molar-refractivity contribution in [2.24, 2.45) is 5.10 Å². The number of hydrogen-bond donors (Lipinski definition) is 1. The molecule has 0 radical (unpaired) electrons. The molecular weight excluding hydrogens is 392 g/mol. The van der Waals surface area contributed by atoms with Crippen LogP contribution in [0, 0.1) is 17.1 Å². The molecule has 0 atom stereocenters. The lowest BCUT2D eigenvalue weighted by Crippen LogP contribution is -2.19. The molecular formula is C19H10Cl2FN3O2. The Balaban J connectivity index is 1.68. The predicted molar refractivity (Wildman–Crippen MR) is 100 cm³/mol. The van der Waals surface area contributed by atoms with Crippen LogP contribution >= 0.6 is 23.2 Å². The molecule has 1 aromatic heterocycles. The van der Waals surface area contributed by atoms with Crippen LogP contribution in [0.4, 0.5) is 4.39 Å². The summed E-state index contributed by atoms with van der Waals surface area (Å²) in [6, 6.07) is 13.8. The third-order valence-corrected chi connectivity index (χ3v) is 4.27. The molecule has 0 aliphatic rings. The molecule has 0 saturated heterocycles. The van der Waals surface area contributed by atoms with Gasteiger partial charge in [-0.3, -0.25) is 4.79 Å². The quantitative estimate of drug-likeness (QED) is 0.491. The molecule has 0 aliphatic heterocycles. The van der Waals surface area contributed by atoms with Crippen LogP contribution in [-0.2, 0) is 0 Å². The van der Waals surface area contributed by atoms with E-state index in [1.54, 1.807) is 36.4 Å². The zero-order chi connectivity index (χ0) is 19.4. The Morgan fingerprint density at radius 1 is 1.15 bits per heavy atom. The fraction of sp³-hybridized carbons (Fsp3) is 0. The molecule has 1 amide bonds. The molecule has 3 rings (SSSR count). The Hall–Kier alpha value is -3.14. The molecule has 1 heterocycles. The summed E-state index contributed by atoms with van der Waals surface area (Å²) in [5, 5.41) is 13.3. The molecule has 0 aliphatic carbocycles. The number of nitrogens with zero attached hydrogens (tertiary/aromatic N) is 2. The summed E-state index contributed by atoms with van der Waals surface area (Å²) in [6.07, 6.45) is 1.28. The van der Waals surface area contributed by atoms with E-state index in [2.05, 4.69) is 10.5 Å². The standard InChI is InChI=1S/C19H10Cl2FN3O2/c20-15-5-2-12(8-16(15)21)18-6-3-13(27-18)10-24-25-19(26)14-4-1-11(9-23)7-17(14)22/h1-8,10H,(H,25,26). The number of hydrazone groups is 1. The second-order valence-electron chi connectivity index (χ2n) is 5.34. The Kier molecular flexibility index (Phi) is 5.55. The second-order valence-corrected chi connectivity index (χ2v) is 6.15. The van der Waals surface area contributed by atoms with Crippen molar-refractivity contribution in [3.63, 3.8) is 0 Å². The zero-order valence-electron chi connectivity index (χ0n) is 13.5. The number of carbonyl (C=O) groups excluding carboxylic acids is 1. The summed E-state index contributed by atoms with van der Waals surface area (Å²) in [7, 11) is 0. The molecule has 0 bridgehead atoms.